The smallest absolute Gasteiger partial charge is 0.225 e. The third-order valence-corrected chi connectivity index (χ3v) is 4.65. The molecule has 128 valence electrons. The van der Waals surface area contributed by atoms with E-state index in [1.54, 1.807) is 14.2 Å². The summed E-state index contributed by atoms with van der Waals surface area (Å²) < 4.78 is 10.7. The van der Waals surface area contributed by atoms with Crippen LogP contribution in [-0.2, 0) is 4.79 Å². The maximum absolute atomic E-state index is 12.5. The molecule has 5 nitrogen and oxygen atoms in total. The molecule has 0 radical (unpaired) electrons. The van der Waals surface area contributed by atoms with Gasteiger partial charge in [-0.15, -0.1) is 0 Å². The highest BCUT2D eigenvalue weighted by Crippen LogP contribution is 2.32. The third kappa shape index (κ3) is 3.89. The molecular weight excluding hydrogens is 292 g/mol. The van der Waals surface area contributed by atoms with Crippen LogP contribution in [0.25, 0.3) is 0 Å². The van der Waals surface area contributed by atoms with Crippen LogP contribution in [0.3, 0.4) is 0 Å². The quantitative estimate of drug-likeness (QED) is 0.808. The Morgan fingerprint density at radius 1 is 1.09 bits per heavy atom. The number of benzene rings is 1. The van der Waals surface area contributed by atoms with Crippen molar-refractivity contribution in [2.24, 2.45) is 5.92 Å². The first-order valence-corrected chi connectivity index (χ1v) is 8.40. The summed E-state index contributed by atoms with van der Waals surface area (Å²) in [5.74, 6) is 2.06. The minimum Gasteiger partial charge on any atom is -0.497 e. The molecule has 1 fully saturated rings. The summed E-state index contributed by atoms with van der Waals surface area (Å²) in [6.45, 7) is 7.37. The second kappa shape index (κ2) is 8.09. The molecular formula is C18H28N2O3. The number of rotatable bonds is 6. The molecule has 1 amide bonds. The Morgan fingerprint density at radius 2 is 1.74 bits per heavy atom. The molecule has 0 aromatic heterocycles. The Kier molecular flexibility index (Phi) is 6.13. The molecule has 1 heterocycles. The lowest BCUT2D eigenvalue weighted by Gasteiger charge is -2.38. The van der Waals surface area contributed by atoms with Gasteiger partial charge in [-0.2, -0.15) is 0 Å². The first-order valence-electron chi connectivity index (χ1n) is 8.40. The topological polar surface area (TPSA) is 42.0 Å². The van der Waals surface area contributed by atoms with Gasteiger partial charge in [-0.1, -0.05) is 13.8 Å². The van der Waals surface area contributed by atoms with Crippen molar-refractivity contribution in [2.75, 3.05) is 45.3 Å². The summed E-state index contributed by atoms with van der Waals surface area (Å²) in [5, 5.41) is 0. The normalized spacial score (nSPS) is 15.0. The van der Waals surface area contributed by atoms with Gasteiger partial charge in [0.25, 0.3) is 0 Å². The molecule has 5 heteroatoms. The van der Waals surface area contributed by atoms with Gasteiger partial charge >= 0.3 is 0 Å². The Hall–Kier alpha value is -1.91. The number of nitrogens with zero attached hydrogens (tertiary/aromatic N) is 2. The summed E-state index contributed by atoms with van der Waals surface area (Å²) in [4.78, 5) is 16.8. The van der Waals surface area contributed by atoms with E-state index in [2.05, 4.69) is 18.7 Å². The molecule has 0 N–H and O–H groups in total. The Morgan fingerprint density at radius 3 is 2.26 bits per heavy atom. The SMILES string of the molecule is CCC(CC)C(=O)N1CCN(c2ccc(OC)cc2OC)CC1. The van der Waals surface area contributed by atoms with Gasteiger partial charge in [0.15, 0.2) is 0 Å². The van der Waals surface area contributed by atoms with Crippen LogP contribution < -0.4 is 14.4 Å². The zero-order valence-electron chi connectivity index (χ0n) is 14.7. The molecule has 1 aliphatic heterocycles. The second-order valence-corrected chi connectivity index (χ2v) is 5.86. The van der Waals surface area contributed by atoms with Crippen LogP contribution in [0.4, 0.5) is 5.69 Å². The van der Waals surface area contributed by atoms with Crippen molar-refractivity contribution in [1.29, 1.82) is 0 Å². The fourth-order valence-corrected chi connectivity index (χ4v) is 3.11. The highest BCUT2D eigenvalue weighted by Gasteiger charge is 2.26. The van der Waals surface area contributed by atoms with Gasteiger partial charge in [0.1, 0.15) is 11.5 Å². The monoisotopic (exact) mass is 320 g/mol. The molecule has 1 aromatic carbocycles. The van der Waals surface area contributed by atoms with Gasteiger partial charge in [-0.05, 0) is 25.0 Å². The Balaban J connectivity index is 2.03. The molecule has 1 aliphatic rings. The minimum atomic E-state index is 0.164. The second-order valence-electron chi connectivity index (χ2n) is 5.86. The molecule has 0 spiro atoms. The van der Waals surface area contributed by atoms with Gasteiger partial charge in [0, 0.05) is 38.2 Å². The number of methoxy groups -OCH3 is 2. The molecule has 2 rings (SSSR count). The van der Waals surface area contributed by atoms with Crippen LogP contribution in [0.5, 0.6) is 11.5 Å². The van der Waals surface area contributed by atoms with E-state index in [9.17, 15) is 4.79 Å². The van der Waals surface area contributed by atoms with E-state index in [0.717, 1.165) is 56.2 Å². The van der Waals surface area contributed by atoms with Crippen LogP contribution in [-0.4, -0.2) is 51.2 Å². The van der Waals surface area contributed by atoms with Crippen LogP contribution >= 0.6 is 0 Å². The first-order chi connectivity index (χ1) is 11.1. The molecule has 0 bridgehead atoms. The number of ether oxygens (including phenoxy) is 2. The van der Waals surface area contributed by atoms with Gasteiger partial charge < -0.3 is 19.3 Å². The fourth-order valence-electron chi connectivity index (χ4n) is 3.11. The van der Waals surface area contributed by atoms with E-state index in [1.165, 1.54) is 0 Å². The molecule has 1 saturated heterocycles. The van der Waals surface area contributed by atoms with E-state index in [1.807, 2.05) is 23.1 Å². The number of hydrogen-bond donors (Lipinski definition) is 0. The van der Waals surface area contributed by atoms with Crippen molar-refractivity contribution >= 4 is 11.6 Å². The van der Waals surface area contributed by atoms with Crippen molar-refractivity contribution in [3.63, 3.8) is 0 Å². The predicted octanol–water partition coefficient (Wildman–Crippen LogP) is 2.79. The molecule has 0 unspecified atom stereocenters. The van der Waals surface area contributed by atoms with E-state index in [4.69, 9.17) is 9.47 Å². The van der Waals surface area contributed by atoms with Crippen molar-refractivity contribution in [3.8, 4) is 11.5 Å². The largest absolute Gasteiger partial charge is 0.497 e. The highest BCUT2D eigenvalue weighted by molar-refractivity contribution is 5.79. The van der Waals surface area contributed by atoms with Crippen LogP contribution in [0, 0.1) is 5.92 Å². The van der Waals surface area contributed by atoms with Crippen molar-refractivity contribution in [2.45, 2.75) is 26.7 Å². The predicted molar refractivity (Wildman–Crippen MR) is 92.4 cm³/mol. The average Bonchev–Trinajstić information content (AvgIpc) is 2.62. The maximum atomic E-state index is 12.5. The maximum Gasteiger partial charge on any atom is 0.225 e. The van der Waals surface area contributed by atoms with Gasteiger partial charge in [-0.3, -0.25) is 4.79 Å². The number of carbonyl (C=O) groups is 1. The van der Waals surface area contributed by atoms with E-state index >= 15 is 0 Å². The molecule has 1 aromatic rings. The van der Waals surface area contributed by atoms with Gasteiger partial charge in [-0.25, -0.2) is 0 Å². The number of hydrogen-bond acceptors (Lipinski definition) is 4. The van der Waals surface area contributed by atoms with E-state index in [-0.39, 0.29) is 5.92 Å². The highest BCUT2D eigenvalue weighted by atomic mass is 16.5. The van der Waals surface area contributed by atoms with Crippen LogP contribution in [0.15, 0.2) is 18.2 Å². The lowest BCUT2D eigenvalue weighted by molar-refractivity contribution is -0.136. The number of amides is 1. The van der Waals surface area contributed by atoms with Crippen LogP contribution in [0.2, 0.25) is 0 Å². The van der Waals surface area contributed by atoms with Gasteiger partial charge in [0.2, 0.25) is 5.91 Å². The number of piperazine rings is 1. The van der Waals surface area contributed by atoms with Crippen molar-refractivity contribution in [1.82, 2.24) is 4.90 Å². The third-order valence-electron chi connectivity index (χ3n) is 4.65. The van der Waals surface area contributed by atoms with Gasteiger partial charge in [0.05, 0.1) is 19.9 Å². The molecule has 0 saturated carbocycles. The molecule has 23 heavy (non-hydrogen) atoms. The number of carbonyl (C=O) groups excluding carboxylic acids is 1. The zero-order chi connectivity index (χ0) is 16.8. The summed E-state index contributed by atoms with van der Waals surface area (Å²) in [5.41, 5.74) is 1.06. The summed E-state index contributed by atoms with van der Waals surface area (Å²) in [7, 11) is 3.32. The number of anilines is 1. The van der Waals surface area contributed by atoms with Crippen LogP contribution in [0.1, 0.15) is 26.7 Å². The Bertz CT molecular complexity index is 521. The minimum absolute atomic E-state index is 0.164. The first kappa shape index (κ1) is 17.4. The summed E-state index contributed by atoms with van der Waals surface area (Å²) >= 11 is 0. The summed E-state index contributed by atoms with van der Waals surface area (Å²) in [6, 6.07) is 5.87. The van der Waals surface area contributed by atoms with Crippen molar-refractivity contribution < 1.29 is 14.3 Å². The fraction of sp³-hybridized carbons (Fsp3) is 0.611. The molecule has 0 aliphatic carbocycles. The lowest BCUT2D eigenvalue weighted by atomic mass is 10.0. The Labute approximate surface area is 139 Å². The van der Waals surface area contributed by atoms with E-state index < -0.39 is 0 Å². The zero-order valence-corrected chi connectivity index (χ0v) is 14.7. The standard InChI is InChI=1S/C18H28N2O3/c1-5-14(6-2)18(21)20-11-9-19(10-12-20)16-8-7-15(22-3)13-17(16)23-4/h7-8,13-14H,5-6,9-12H2,1-4H3. The lowest BCUT2D eigenvalue weighted by Crippen LogP contribution is -2.50. The van der Waals surface area contributed by atoms with Crippen molar-refractivity contribution in [3.05, 3.63) is 18.2 Å². The van der Waals surface area contributed by atoms with E-state index in [0.29, 0.717) is 5.91 Å². The average molecular weight is 320 g/mol. The molecule has 0 atom stereocenters. The summed E-state index contributed by atoms with van der Waals surface area (Å²) in [6.07, 6.45) is 1.84.